The fourth-order valence-electron chi connectivity index (χ4n) is 2.65. The minimum absolute atomic E-state index is 0.0316. The summed E-state index contributed by atoms with van der Waals surface area (Å²) in [6, 6.07) is 6.87. The van der Waals surface area contributed by atoms with E-state index in [4.69, 9.17) is 9.47 Å². The van der Waals surface area contributed by atoms with Crippen LogP contribution in [-0.2, 0) is 9.53 Å². The Labute approximate surface area is 143 Å². The van der Waals surface area contributed by atoms with Gasteiger partial charge in [0.1, 0.15) is 16.9 Å². The molecule has 2 rings (SSSR count). The number of hydrogen-bond donors (Lipinski definition) is 0. The van der Waals surface area contributed by atoms with Crippen LogP contribution in [0.5, 0.6) is 5.75 Å². The quantitative estimate of drug-likeness (QED) is 0.792. The smallest absolute Gasteiger partial charge is 0.342 e. The Balaban J connectivity index is 1.99. The lowest BCUT2D eigenvalue weighted by Crippen LogP contribution is -2.35. The van der Waals surface area contributed by atoms with Crippen LogP contribution in [0.2, 0.25) is 0 Å². The molecule has 5 nitrogen and oxygen atoms in total. The first-order valence-electron chi connectivity index (χ1n) is 8.60. The third-order valence-electron chi connectivity index (χ3n) is 3.82. The molecule has 1 amide bonds. The highest BCUT2D eigenvalue weighted by atomic mass is 16.6. The minimum Gasteiger partial charge on any atom is -0.483 e. The largest absolute Gasteiger partial charge is 0.483 e. The van der Waals surface area contributed by atoms with Crippen LogP contribution in [0, 0.1) is 0 Å². The van der Waals surface area contributed by atoms with E-state index in [9.17, 15) is 9.59 Å². The van der Waals surface area contributed by atoms with E-state index in [2.05, 4.69) is 0 Å². The molecule has 0 unspecified atom stereocenters. The molecule has 1 heterocycles. The number of esters is 1. The van der Waals surface area contributed by atoms with Gasteiger partial charge in [-0.2, -0.15) is 0 Å². The first kappa shape index (κ1) is 18.3. The number of rotatable bonds is 4. The summed E-state index contributed by atoms with van der Waals surface area (Å²) < 4.78 is 11.0. The van der Waals surface area contributed by atoms with Gasteiger partial charge in [0.25, 0.3) is 5.91 Å². The zero-order chi connectivity index (χ0) is 17.6. The Morgan fingerprint density at radius 1 is 1.04 bits per heavy atom. The Hall–Kier alpha value is -2.04. The Bertz CT molecular complexity index is 569. The van der Waals surface area contributed by atoms with E-state index in [1.54, 1.807) is 24.3 Å². The van der Waals surface area contributed by atoms with E-state index in [-0.39, 0.29) is 12.5 Å². The molecular formula is C19H27NO4. The third-order valence-corrected chi connectivity index (χ3v) is 3.82. The first-order valence-corrected chi connectivity index (χ1v) is 8.60. The summed E-state index contributed by atoms with van der Waals surface area (Å²) >= 11 is 0. The van der Waals surface area contributed by atoms with Crippen molar-refractivity contribution in [2.24, 2.45) is 0 Å². The number of nitrogens with zero attached hydrogens (tertiary/aromatic N) is 1. The molecule has 0 aromatic heterocycles. The van der Waals surface area contributed by atoms with Crippen molar-refractivity contribution in [1.82, 2.24) is 4.90 Å². The molecule has 0 bridgehead atoms. The van der Waals surface area contributed by atoms with Crippen LogP contribution in [0.1, 0.15) is 56.8 Å². The van der Waals surface area contributed by atoms with Gasteiger partial charge in [0.05, 0.1) is 0 Å². The molecule has 0 saturated carbocycles. The zero-order valence-corrected chi connectivity index (χ0v) is 14.8. The molecule has 0 radical (unpaired) electrons. The molecule has 5 heteroatoms. The normalized spacial score (nSPS) is 15.5. The molecule has 0 spiro atoms. The highest BCUT2D eigenvalue weighted by Gasteiger charge is 2.22. The number of hydrogen-bond acceptors (Lipinski definition) is 4. The van der Waals surface area contributed by atoms with Crippen molar-refractivity contribution in [2.45, 2.75) is 52.1 Å². The lowest BCUT2D eigenvalue weighted by molar-refractivity contribution is -0.133. The molecule has 1 aliphatic heterocycles. The van der Waals surface area contributed by atoms with E-state index >= 15 is 0 Å². The molecule has 0 aliphatic carbocycles. The summed E-state index contributed by atoms with van der Waals surface area (Å²) in [4.78, 5) is 26.4. The van der Waals surface area contributed by atoms with Crippen LogP contribution in [0.25, 0.3) is 0 Å². The highest BCUT2D eigenvalue weighted by Crippen LogP contribution is 2.22. The number of carbonyl (C=O) groups is 2. The van der Waals surface area contributed by atoms with E-state index in [1.165, 1.54) is 12.8 Å². The van der Waals surface area contributed by atoms with Crippen molar-refractivity contribution in [2.75, 3.05) is 19.7 Å². The lowest BCUT2D eigenvalue weighted by atomic mass is 10.1. The maximum atomic E-state index is 12.3. The SMILES string of the molecule is CC(C)(C)OC(=O)c1ccccc1OCC(=O)N1CCCCCC1. The number of benzene rings is 1. The van der Waals surface area contributed by atoms with Gasteiger partial charge >= 0.3 is 5.97 Å². The second kappa shape index (κ2) is 8.18. The van der Waals surface area contributed by atoms with Crippen molar-refractivity contribution in [3.8, 4) is 5.75 Å². The van der Waals surface area contributed by atoms with Crippen LogP contribution in [0.15, 0.2) is 24.3 Å². The van der Waals surface area contributed by atoms with Crippen molar-refractivity contribution in [3.63, 3.8) is 0 Å². The van der Waals surface area contributed by atoms with E-state index in [1.807, 2.05) is 25.7 Å². The van der Waals surface area contributed by atoms with E-state index < -0.39 is 11.6 Å². The Kier molecular flexibility index (Phi) is 6.23. The standard InChI is InChI=1S/C19H27NO4/c1-19(2,3)24-18(22)15-10-6-7-11-16(15)23-14-17(21)20-12-8-4-5-9-13-20/h6-7,10-11H,4-5,8-9,12-14H2,1-3H3. The number of para-hydroxylation sites is 1. The van der Waals surface area contributed by atoms with Crippen molar-refractivity contribution < 1.29 is 19.1 Å². The average molecular weight is 333 g/mol. The molecular weight excluding hydrogens is 306 g/mol. The zero-order valence-electron chi connectivity index (χ0n) is 14.8. The molecule has 1 saturated heterocycles. The molecule has 1 aromatic rings. The van der Waals surface area contributed by atoms with Gasteiger partial charge in [-0.1, -0.05) is 25.0 Å². The summed E-state index contributed by atoms with van der Waals surface area (Å²) in [5, 5.41) is 0. The molecule has 1 aliphatic rings. The van der Waals surface area contributed by atoms with Gasteiger partial charge in [-0.25, -0.2) is 4.79 Å². The molecule has 132 valence electrons. The average Bonchev–Trinajstić information content (AvgIpc) is 2.80. The first-order chi connectivity index (χ1) is 11.4. The number of ether oxygens (including phenoxy) is 2. The van der Waals surface area contributed by atoms with Crippen molar-refractivity contribution in [3.05, 3.63) is 29.8 Å². The van der Waals surface area contributed by atoms with Crippen molar-refractivity contribution >= 4 is 11.9 Å². The Morgan fingerprint density at radius 3 is 2.29 bits per heavy atom. The number of likely N-dealkylation sites (tertiary alicyclic amines) is 1. The fraction of sp³-hybridized carbons (Fsp3) is 0.579. The van der Waals surface area contributed by atoms with Crippen molar-refractivity contribution in [1.29, 1.82) is 0 Å². The summed E-state index contributed by atoms with van der Waals surface area (Å²) in [5.74, 6) is -0.0915. The minimum atomic E-state index is -0.577. The Morgan fingerprint density at radius 2 is 1.67 bits per heavy atom. The topological polar surface area (TPSA) is 55.8 Å². The number of carbonyl (C=O) groups excluding carboxylic acids is 2. The van der Waals surface area contributed by atoms with Gasteiger partial charge in [-0.15, -0.1) is 0 Å². The molecule has 1 fully saturated rings. The van der Waals surface area contributed by atoms with Gasteiger partial charge in [-0.05, 0) is 45.7 Å². The molecule has 0 N–H and O–H groups in total. The second-order valence-electron chi connectivity index (χ2n) is 7.08. The van der Waals surface area contributed by atoms with Gasteiger partial charge in [0.15, 0.2) is 6.61 Å². The lowest BCUT2D eigenvalue weighted by Gasteiger charge is -2.22. The van der Waals surface area contributed by atoms with Crippen LogP contribution in [0.3, 0.4) is 0 Å². The van der Waals surface area contributed by atoms with E-state index in [0.717, 1.165) is 25.9 Å². The predicted molar refractivity (Wildman–Crippen MR) is 92.2 cm³/mol. The fourth-order valence-corrected chi connectivity index (χ4v) is 2.65. The van der Waals surface area contributed by atoms with Gasteiger partial charge < -0.3 is 14.4 Å². The maximum Gasteiger partial charge on any atom is 0.342 e. The summed E-state index contributed by atoms with van der Waals surface area (Å²) in [6.45, 7) is 6.97. The van der Waals surface area contributed by atoms with Crippen LogP contribution in [-0.4, -0.2) is 42.1 Å². The molecule has 0 atom stereocenters. The van der Waals surface area contributed by atoms with Gasteiger partial charge in [0.2, 0.25) is 0 Å². The summed E-state index contributed by atoms with van der Waals surface area (Å²) in [7, 11) is 0. The van der Waals surface area contributed by atoms with Crippen LogP contribution >= 0.6 is 0 Å². The molecule has 24 heavy (non-hydrogen) atoms. The van der Waals surface area contributed by atoms with Crippen LogP contribution < -0.4 is 4.74 Å². The van der Waals surface area contributed by atoms with Gasteiger partial charge in [-0.3, -0.25) is 4.79 Å². The summed E-state index contributed by atoms with van der Waals surface area (Å²) in [6.07, 6.45) is 4.43. The predicted octanol–water partition coefficient (Wildman–Crippen LogP) is 3.42. The van der Waals surface area contributed by atoms with Gasteiger partial charge in [0, 0.05) is 13.1 Å². The maximum absolute atomic E-state index is 12.3. The van der Waals surface area contributed by atoms with Crippen LogP contribution in [0.4, 0.5) is 0 Å². The monoisotopic (exact) mass is 333 g/mol. The van der Waals surface area contributed by atoms with E-state index in [0.29, 0.717) is 11.3 Å². The third kappa shape index (κ3) is 5.55. The second-order valence-corrected chi connectivity index (χ2v) is 7.08. The number of amides is 1. The highest BCUT2D eigenvalue weighted by molar-refractivity contribution is 5.93. The molecule has 1 aromatic carbocycles. The summed E-state index contributed by atoms with van der Waals surface area (Å²) in [5.41, 5.74) is -0.234.